The molecule has 1 aliphatic carbocycles. The molecule has 1 aliphatic heterocycles. The van der Waals surface area contributed by atoms with Gasteiger partial charge >= 0.3 is 0 Å². The Morgan fingerprint density at radius 3 is 2.96 bits per heavy atom. The summed E-state index contributed by atoms with van der Waals surface area (Å²) in [7, 11) is 0. The van der Waals surface area contributed by atoms with Crippen molar-refractivity contribution in [3.05, 3.63) is 29.7 Å². The summed E-state index contributed by atoms with van der Waals surface area (Å²) in [6.45, 7) is 5.63. The first kappa shape index (κ1) is 16.3. The lowest BCUT2D eigenvalue weighted by Crippen LogP contribution is -2.43. The highest BCUT2D eigenvalue weighted by Crippen LogP contribution is 2.39. The average molecular weight is 345 g/mol. The number of amides is 1. The van der Waals surface area contributed by atoms with Gasteiger partial charge in [0.2, 0.25) is 17.6 Å². The Bertz CT molecular complexity index is 749. The molecular weight excluding hydrogens is 322 g/mol. The van der Waals surface area contributed by atoms with Crippen LogP contribution in [0.5, 0.6) is 0 Å². The van der Waals surface area contributed by atoms with E-state index >= 15 is 0 Å². The van der Waals surface area contributed by atoms with Crippen molar-refractivity contribution in [2.45, 2.75) is 51.2 Å². The Labute approximate surface area is 146 Å². The van der Waals surface area contributed by atoms with Gasteiger partial charge < -0.3 is 14.2 Å². The molecule has 3 heterocycles. The molecule has 2 aromatic rings. The van der Waals surface area contributed by atoms with E-state index in [4.69, 9.17) is 9.26 Å². The Morgan fingerprint density at radius 1 is 1.40 bits per heavy atom. The molecule has 1 atom stereocenters. The average Bonchev–Trinajstić information content (AvgIpc) is 3.15. The van der Waals surface area contributed by atoms with Gasteiger partial charge in [-0.2, -0.15) is 10.1 Å². The Balaban J connectivity index is 1.38. The largest absolute Gasteiger partial charge is 0.366 e. The summed E-state index contributed by atoms with van der Waals surface area (Å²) in [6, 6.07) is 2.19. The van der Waals surface area contributed by atoms with E-state index in [1.807, 2.05) is 16.9 Å². The number of carbonyl (C=O) groups is 1. The highest BCUT2D eigenvalue weighted by atomic mass is 16.5. The number of ether oxygens (including phenoxy) is 1. The van der Waals surface area contributed by atoms with Crippen LogP contribution in [0.15, 0.2) is 16.8 Å². The Kier molecular flexibility index (Phi) is 4.29. The van der Waals surface area contributed by atoms with Crippen LogP contribution in [0.25, 0.3) is 0 Å². The highest BCUT2D eigenvalue weighted by molar-refractivity contribution is 5.78. The van der Waals surface area contributed by atoms with Gasteiger partial charge in [-0.25, -0.2) is 0 Å². The zero-order valence-electron chi connectivity index (χ0n) is 14.6. The van der Waals surface area contributed by atoms with Crippen LogP contribution in [0.4, 0.5) is 0 Å². The molecule has 1 unspecified atom stereocenters. The fourth-order valence-electron chi connectivity index (χ4n) is 2.93. The third kappa shape index (κ3) is 3.58. The predicted molar refractivity (Wildman–Crippen MR) is 87.9 cm³/mol. The number of aromatic nitrogens is 4. The van der Waals surface area contributed by atoms with Gasteiger partial charge in [0.1, 0.15) is 6.10 Å². The van der Waals surface area contributed by atoms with E-state index < -0.39 is 0 Å². The third-order valence-electron chi connectivity index (χ3n) is 4.62. The fourth-order valence-corrected chi connectivity index (χ4v) is 2.93. The molecule has 8 nitrogen and oxygen atoms in total. The predicted octanol–water partition coefficient (Wildman–Crippen LogP) is 1.87. The maximum Gasteiger partial charge on any atom is 0.229 e. The fraction of sp³-hybridized carbons (Fsp3) is 0.647. The van der Waals surface area contributed by atoms with Crippen LogP contribution in [-0.2, 0) is 16.0 Å². The minimum atomic E-state index is -0.317. The first-order valence-electron chi connectivity index (χ1n) is 8.87. The number of morpholine rings is 1. The van der Waals surface area contributed by atoms with E-state index in [9.17, 15) is 4.79 Å². The molecule has 0 N–H and O–H groups in total. The summed E-state index contributed by atoms with van der Waals surface area (Å²) >= 11 is 0. The lowest BCUT2D eigenvalue weighted by Gasteiger charge is -2.31. The number of carbonyl (C=O) groups excluding carboxylic acids is 1. The van der Waals surface area contributed by atoms with Gasteiger partial charge in [0.25, 0.3) is 0 Å². The normalized spacial score (nSPS) is 21.1. The maximum atomic E-state index is 12.6. The molecule has 0 bridgehead atoms. The molecule has 2 aromatic heterocycles. The molecule has 134 valence electrons. The van der Waals surface area contributed by atoms with Crippen molar-refractivity contribution < 1.29 is 14.1 Å². The molecule has 1 saturated heterocycles. The molecule has 8 heteroatoms. The van der Waals surface area contributed by atoms with Crippen molar-refractivity contribution in [3.63, 3.8) is 0 Å². The van der Waals surface area contributed by atoms with Crippen LogP contribution in [-0.4, -0.2) is 50.4 Å². The first-order valence-corrected chi connectivity index (χ1v) is 8.87. The summed E-state index contributed by atoms with van der Waals surface area (Å²) in [5.74, 6) is 1.71. The van der Waals surface area contributed by atoms with Gasteiger partial charge in [-0.05, 0) is 32.8 Å². The van der Waals surface area contributed by atoms with Gasteiger partial charge in [-0.1, -0.05) is 5.16 Å². The van der Waals surface area contributed by atoms with Crippen LogP contribution in [0, 0.1) is 0 Å². The summed E-state index contributed by atoms with van der Waals surface area (Å²) < 4.78 is 12.9. The SMILES string of the molecule is CC(C)n1ccc(CC(=O)N2CCOC(c3noc(C4CC4)n3)C2)n1. The molecule has 2 aliphatic rings. The molecule has 4 rings (SSSR count). The van der Waals surface area contributed by atoms with E-state index in [0.29, 0.717) is 43.8 Å². The quantitative estimate of drug-likeness (QED) is 0.822. The molecule has 0 radical (unpaired) electrons. The zero-order chi connectivity index (χ0) is 17.4. The van der Waals surface area contributed by atoms with Gasteiger partial charge in [0.15, 0.2) is 0 Å². The number of hydrogen-bond donors (Lipinski definition) is 0. The number of rotatable bonds is 5. The Hall–Kier alpha value is -2.22. The van der Waals surface area contributed by atoms with Crippen molar-refractivity contribution >= 4 is 5.91 Å². The first-order chi connectivity index (χ1) is 12.1. The van der Waals surface area contributed by atoms with Crippen molar-refractivity contribution in [2.24, 2.45) is 0 Å². The van der Waals surface area contributed by atoms with Crippen molar-refractivity contribution in [3.8, 4) is 0 Å². The van der Waals surface area contributed by atoms with Gasteiger partial charge in [0.05, 0.1) is 25.3 Å². The lowest BCUT2D eigenvalue weighted by atomic mass is 10.2. The summed E-state index contributed by atoms with van der Waals surface area (Å²) in [6.07, 6.45) is 4.11. The van der Waals surface area contributed by atoms with Crippen LogP contribution >= 0.6 is 0 Å². The molecule has 1 amide bonds. The minimum Gasteiger partial charge on any atom is -0.366 e. The molecule has 0 aromatic carbocycles. The number of hydrogen-bond acceptors (Lipinski definition) is 6. The smallest absolute Gasteiger partial charge is 0.229 e. The lowest BCUT2D eigenvalue weighted by molar-refractivity contribution is -0.138. The van der Waals surface area contributed by atoms with E-state index in [2.05, 4.69) is 29.1 Å². The third-order valence-corrected chi connectivity index (χ3v) is 4.62. The molecule has 0 spiro atoms. The second kappa shape index (κ2) is 6.59. The van der Waals surface area contributed by atoms with Crippen LogP contribution in [0.2, 0.25) is 0 Å². The van der Waals surface area contributed by atoms with E-state index in [0.717, 1.165) is 18.5 Å². The topological polar surface area (TPSA) is 86.3 Å². The van der Waals surface area contributed by atoms with Gasteiger partial charge in [-0.15, -0.1) is 0 Å². The molecular formula is C17H23N5O3. The van der Waals surface area contributed by atoms with Crippen molar-refractivity contribution in [1.29, 1.82) is 0 Å². The second-order valence-corrected chi connectivity index (χ2v) is 7.02. The van der Waals surface area contributed by atoms with Gasteiger partial charge in [0, 0.05) is 24.7 Å². The van der Waals surface area contributed by atoms with E-state index in [-0.39, 0.29) is 18.1 Å². The van der Waals surface area contributed by atoms with Gasteiger partial charge in [-0.3, -0.25) is 9.48 Å². The summed E-state index contributed by atoms with van der Waals surface area (Å²) in [5, 5.41) is 8.49. The van der Waals surface area contributed by atoms with Crippen molar-refractivity contribution in [1.82, 2.24) is 24.8 Å². The summed E-state index contributed by atoms with van der Waals surface area (Å²) in [5.41, 5.74) is 0.789. The van der Waals surface area contributed by atoms with E-state index in [1.165, 1.54) is 0 Å². The molecule has 2 fully saturated rings. The monoisotopic (exact) mass is 345 g/mol. The minimum absolute atomic E-state index is 0.0493. The second-order valence-electron chi connectivity index (χ2n) is 7.02. The van der Waals surface area contributed by atoms with Crippen molar-refractivity contribution in [2.75, 3.05) is 19.7 Å². The van der Waals surface area contributed by atoms with Crippen LogP contribution < -0.4 is 0 Å². The molecule has 25 heavy (non-hydrogen) atoms. The standard InChI is InChI=1S/C17H23N5O3/c1-11(2)22-6-5-13(19-22)9-15(23)21-7-8-24-14(10-21)16-18-17(25-20-16)12-3-4-12/h5-6,11-12,14H,3-4,7-10H2,1-2H3. The van der Waals surface area contributed by atoms with Crippen LogP contribution in [0.1, 0.15) is 62.2 Å². The number of nitrogens with zero attached hydrogens (tertiary/aromatic N) is 5. The molecule has 1 saturated carbocycles. The highest BCUT2D eigenvalue weighted by Gasteiger charge is 2.33. The summed E-state index contributed by atoms with van der Waals surface area (Å²) in [4.78, 5) is 18.8. The van der Waals surface area contributed by atoms with E-state index in [1.54, 1.807) is 4.90 Å². The Morgan fingerprint density at radius 2 is 2.24 bits per heavy atom. The zero-order valence-corrected chi connectivity index (χ0v) is 14.6. The maximum absolute atomic E-state index is 12.6. The van der Waals surface area contributed by atoms with Crippen LogP contribution in [0.3, 0.4) is 0 Å².